The van der Waals surface area contributed by atoms with Gasteiger partial charge in [-0.2, -0.15) is 17.6 Å². The zero-order chi connectivity index (χ0) is 11.6. The molecule has 0 aromatic heterocycles. The van der Waals surface area contributed by atoms with Crippen LogP contribution in [-0.2, 0) is 0 Å². The van der Waals surface area contributed by atoms with Gasteiger partial charge in [-0.1, -0.05) is 0 Å². The van der Waals surface area contributed by atoms with Crippen LogP contribution in [-0.4, -0.2) is 17.6 Å². The summed E-state index contributed by atoms with van der Waals surface area (Å²) in [6, 6.07) is 1.67. The van der Waals surface area contributed by atoms with E-state index in [0.717, 1.165) is 0 Å². The standard InChI is InChI=1S/C8H5F5O2/c9-4-1-5(14)3-6(2-4)15-8(12,13)7(10)11/h1-3,7,14H. The molecule has 0 amide bonds. The van der Waals surface area contributed by atoms with Gasteiger partial charge in [0.25, 0.3) is 0 Å². The summed E-state index contributed by atoms with van der Waals surface area (Å²) in [5.41, 5.74) is 0. The number of aromatic hydroxyl groups is 1. The van der Waals surface area contributed by atoms with E-state index in [1.807, 2.05) is 0 Å². The summed E-state index contributed by atoms with van der Waals surface area (Å²) < 4.78 is 64.0. The average Bonchev–Trinajstić information content (AvgIpc) is 1.99. The lowest BCUT2D eigenvalue weighted by Crippen LogP contribution is -2.33. The lowest BCUT2D eigenvalue weighted by atomic mass is 10.3. The highest BCUT2D eigenvalue weighted by atomic mass is 19.3. The van der Waals surface area contributed by atoms with Gasteiger partial charge in [-0.3, -0.25) is 0 Å². The molecular formula is C8H5F5O2. The first-order chi connectivity index (χ1) is 6.81. The number of halogens is 5. The molecule has 1 aromatic rings. The fourth-order valence-electron chi connectivity index (χ4n) is 0.809. The van der Waals surface area contributed by atoms with Crippen LogP contribution < -0.4 is 4.74 Å². The Bertz CT molecular complexity index is 333. The molecule has 0 unspecified atom stereocenters. The van der Waals surface area contributed by atoms with E-state index < -0.39 is 29.9 Å². The monoisotopic (exact) mass is 228 g/mol. The van der Waals surface area contributed by atoms with Crippen molar-refractivity contribution < 1.29 is 31.8 Å². The van der Waals surface area contributed by atoms with E-state index in [-0.39, 0.29) is 0 Å². The minimum atomic E-state index is -4.72. The Balaban J connectivity index is 2.89. The molecule has 84 valence electrons. The maximum Gasteiger partial charge on any atom is 0.461 e. The van der Waals surface area contributed by atoms with E-state index in [9.17, 15) is 22.0 Å². The number of phenols is 1. The number of alkyl halides is 4. The van der Waals surface area contributed by atoms with Crippen molar-refractivity contribution in [2.24, 2.45) is 0 Å². The summed E-state index contributed by atoms with van der Waals surface area (Å²) in [6.07, 6.45) is -8.76. The molecule has 15 heavy (non-hydrogen) atoms. The van der Waals surface area contributed by atoms with Gasteiger partial charge in [0.05, 0.1) is 0 Å². The molecular weight excluding hydrogens is 223 g/mol. The van der Waals surface area contributed by atoms with Crippen LogP contribution in [0.1, 0.15) is 0 Å². The average molecular weight is 228 g/mol. The highest BCUT2D eigenvalue weighted by molar-refractivity contribution is 5.33. The zero-order valence-corrected chi connectivity index (χ0v) is 7.05. The van der Waals surface area contributed by atoms with Crippen molar-refractivity contribution in [1.29, 1.82) is 0 Å². The summed E-state index contributed by atoms with van der Waals surface area (Å²) in [7, 11) is 0. The fourth-order valence-corrected chi connectivity index (χ4v) is 0.809. The van der Waals surface area contributed by atoms with Crippen LogP contribution in [0.5, 0.6) is 11.5 Å². The molecule has 0 atom stereocenters. The summed E-state index contributed by atoms with van der Waals surface area (Å²) in [5.74, 6) is -2.65. The number of ether oxygens (including phenoxy) is 1. The smallest absolute Gasteiger partial charge is 0.461 e. The summed E-state index contributed by atoms with van der Waals surface area (Å²) >= 11 is 0. The number of benzene rings is 1. The van der Waals surface area contributed by atoms with Crippen LogP contribution in [0.3, 0.4) is 0 Å². The molecule has 0 heterocycles. The van der Waals surface area contributed by atoms with E-state index in [1.165, 1.54) is 0 Å². The maximum atomic E-state index is 12.5. The lowest BCUT2D eigenvalue weighted by molar-refractivity contribution is -0.253. The van der Waals surface area contributed by atoms with Gasteiger partial charge in [-0.25, -0.2) is 4.39 Å². The molecule has 0 radical (unpaired) electrons. The van der Waals surface area contributed by atoms with Crippen LogP contribution in [0.2, 0.25) is 0 Å². The molecule has 1 N–H and O–H groups in total. The summed E-state index contributed by atoms with van der Waals surface area (Å²) in [6.45, 7) is 0. The third kappa shape index (κ3) is 2.97. The Morgan fingerprint density at radius 1 is 1.20 bits per heavy atom. The highest BCUT2D eigenvalue weighted by Gasteiger charge is 2.44. The SMILES string of the molecule is Oc1cc(F)cc(OC(F)(F)C(F)F)c1. The molecule has 0 aliphatic rings. The van der Waals surface area contributed by atoms with Gasteiger partial charge in [0.1, 0.15) is 17.3 Å². The highest BCUT2D eigenvalue weighted by Crippen LogP contribution is 2.29. The van der Waals surface area contributed by atoms with Crippen LogP contribution >= 0.6 is 0 Å². The van der Waals surface area contributed by atoms with Crippen LogP contribution in [0, 0.1) is 5.82 Å². The van der Waals surface area contributed by atoms with Crippen LogP contribution in [0.15, 0.2) is 18.2 Å². The molecule has 0 saturated heterocycles. The third-order valence-corrected chi connectivity index (χ3v) is 1.36. The third-order valence-electron chi connectivity index (χ3n) is 1.36. The number of rotatable bonds is 3. The largest absolute Gasteiger partial charge is 0.508 e. The quantitative estimate of drug-likeness (QED) is 0.806. The second-order valence-corrected chi connectivity index (χ2v) is 2.61. The normalized spacial score (nSPS) is 11.9. The topological polar surface area (TPSA) is 29.5 Å². The Morgan fingerprint density at radius 2 is 1.80 bits per heavy atom. The fraction of sp³-hybridized carbons (Fsp3) is 0.250. The maximum absolute atomic E-state index is 12.5. The Kier molecular flexibility index (Phi) is 3.01. The van der Waals surface area contributed by atoms with Gasteiger partial charge in [-0.15, -0.1) is 0 Å². The van der Waals surface area contributed by atoms with Gasteiger partial charge in [-0.05, 0) is 0 Å². The molecule has 1 rings (SSSR count). The molecule has 0 saturated carbocycles. The van der Waals surface area contributed by atoms with E-state index in [1.54, 1.807) is 0 Å². The Morgan fingerprint density at radius 3 is 2.27 bits per heavy atom. The van der Waals surface area contributed by atoms with E-state index in [4.69, 9.17) is 5.11 Å². The van der Waals surface area contributed by atoms with Crippen LogP contribution in [0.25, 0.3) is 0 Å². The van der Waals surface area contributed by atoms with Crippen LogP contribution in [0.4, 0.5) is 22.0 Å². The van der Waals surface area contributed by atoms with Gasteiger partial charge < -0.3 is 9.84 Å². The van der Waals surface area contributed by atoms with Crippen molar-refractivity contribution in [2.45, 2.75) is 12.5 Å². The first-order valence-corrected chi connectivity index (χ1v) is 3.66. The molecule has 0 spiro atoms. The van der Waals surface area contributed by atoms with Crippen molar-refractivity contribution in [3.8, 4) is 11.5 Å². The molecule has 0 bridgehead atoms. The van der Waals surface area contributed by atoms with Gasteiger partial charge >= 0.3 is 12.5 Å². The molecule has 0 aliphatic carbocycles. The number of phenolic OH excluding ortho intramolecular Hbond substituents is 1. The van der Waals surface area contributed by atoms with E-state index in [2.05, 4.69) is 4.74 Å². The van der Waals surface area contributed by atoms with Gasteiger partial charge in [0, 0.05) is 18.2 Å². The lowest BCUT2D eigenvalue weighted by Gasteiger charge is -2.16. The second-order valence-electron chi connectivity index (χ2n) is 2.61. The Hall–Kier alpha value is -1.53. The number of hydrogen-bond donors (Lipinski definition) is 1. The van der Waals surface area contributed by atoms with Gasteiger partial charge in [0.15, 0.2) is 0 Å². The van der Waals surface area contributed by atoms with Crippen molar-refractivity contribution in [1.82, 2.24) is 0 Å². The molecule has 1 aromatic carbocycles. The number of hydrogen-bond acceptors (Lipinski definition) is 2. The Labute approximate surface area is 80.9 Å². The summed E-state index contributed by atoms with van der Waals surface area (Å²) in [5, 5.41) is 8.78. The first-order valence-electron chi connectivity index (χ1n) is 3.66. The zero-order valence-electron chi connectivity index (χ0n) is 7.05. The van der Waals surface area contributed by atoms with Crippen molar-refractivity contribution in [3.63, 3.8) is 0 Å². The predicted molar refractivity (Wildman–Crippen MR) is 39.6 cm³/mol. The summed E-state index contributed by atoms with van der Waals surface area (Å²) in [4.78, 5) is 0. The van der Waals surface area contributed by atoms with Crippen molar-refractivity contribution in [3.05, 3.63) is 24.0 Å². The predicted octanol–water partition coefficient (Wildman–Crippen LogP) is 2.77. The second kappa shape index (κ2) is 3.92. The molecule has 0 aliphatic heterocycles. The van der Waals surface area contributed by atoms with Crippen molar-refractivity contribution in [2.75, 3.05) is 0 Å². The van der Waals surface area contributed by atoms with Gasteiger partial charge in [0.2, 0.25) is 0 Å². The first kappa shape index (κ1) is 11.5. The molecule has 7 heteroatoms. The minimum Gasteiger partial charge on any atom is -0.508 e. The van der Waals surface area contributed by atoms with E-state index in [0.29, 0.717) is 18.2 Å². The molecule has 2 nitrogen and oxygen atoms in total. The molecule has 0 fully saturated rings. The van der Waals surface area contributed by atoms with E-state index >= 15 is 0 Å². The van der Waals surface area contributed by atoms with Crippen molar-refractivity contribution >= 4 is 0 Å². The minimum absolute atomic E-state index is 0.454.